The highest BCUT2D eigenvalue weighted by molar-refractivity contribution is 14.1. The van der Waals surface area contributed by atoms with Crippen molar-refractivity contribution in [2.45, 2.75) is 43.5 Å². The van der Waals surface area contributed by atoms with E-state index in [0.717, 1.165) is 0 Å². The van der Waals surface area contributed by atoms with Crippen molar-refractivity contribution >= 4 is 40.1 Å². The monoisotopic (exact) mass is 317 g/mol. The van der Waals surface area contributed by atoms with Crippen LogP contribution in [0.4, 0.5) is 0 Å². The van der Waals surface area contributed by atoms with Crippen LogP contribution in [0.2, 0.25) is 0 Å². The molecule has 0 aliphatic carbocycles. The van der Waals surface area contributed by atoms with Crippen molar-refractivity contribution < 1.29 is 4.79 Å². The third-order valence-corrected chi connectivity index (χ3v) is 3.91. The molecule has 78 valence electrons. The molecule has 1 N–H and O–H groups in total. The molecule has 0 aliphatic rings. The molecule has 0 aliphatic heterocycles. The summed E-state index contributed by atoms with van der Waals surface area (Å²) in [6.45, 7) is 9.61. The number of rotatable bonds is 2. The molecule has 0 radical (unpaired) electrons. The Balaban J connectivity index is 4.24. The van der Waals surface area contributed by atoms with E-state index in [9.17, 15) is 4.79 Å². The number of alkyl halides is 2. The van der Waals surface area contributed by atoms with Gasteiger partial charge in [-0.15, -0.1) is 11.6 Å². The second-order valence-corrected chi connectivity index (χ2v) is 6.87. The predicted molar refractivity (Wildman–Crippen MR) is 65.3 cm³/mol. The highest BCUT2D eigenvalue weighted by Gasteiger charge is 2.30. The van der Waals surface area contributed by atoms with Crippen LogP contribution in [0.1, 0.15) is 34.6 Å². The second-order valence-electron chi connectivity index (χ2n) is 4.67. The van der Waals surface area contributed by atoms with Crippen LogP contribution in [0.25, 0.3) is 0 Å². The molecule has 0 aromatic carbocycles. The number of carbonyl (C=O) groups is 1. The zero-order chi connectivity index (χ0) is 10.9. The van der Waals surface area contributed by atoms with Gasteiger partial charge in [0.1, 0.15) is 4.87 Å². The zero-order valence-corrected chi connectivity index (χ0v) is 11.7. The van der Waals surface area contributed by atoms with E-state index in [1.54, 1.807) is 13.8 Å². The van der Waals surface area contributed by atoms with E-state index in [1.807, 2.05) is 0 Å². The minimum atomic E-state index is -0.825. The van der Waals surface area contributed by atoms with Crippen LogP contribution in [0.3, 0.4) is 0 Å². The van der Waals surface area contributed by atoms with Crippen molar-refractivity contribution in [3.8, 4) is 0 Å². The van der Waals surface area contributed by atoms with Crippen LogP contribution < -0.4 is 5.32 Å². The fraction of sp³-hybridized carbons (Fsp3) is 0.889. The first kappa shape index (κ1) is 13.5. The van der Waals surface area contributed by atoms with Gasteiger partial charge in [0.05, 0.1) is 4.05 Å². The van der Waals surface area contributed by atoms with Crippen molar-refractivity contribution in [3.05, 3.63) is 0 Å². The van der Waals surface area contributed by atoms with Gasteiger partial charge in [-0.3, -0.25) is 4.79 Å². The van der Waals surface area contributed by atoms with Gasteiger partial charge < -0.3 is 5.32 Å². The number of hydrogen-bond donors (Lipinski definition) is 1. The van der Waals surface area contributed by atoms with Crippen LogP contribution >= 0.6 is 34.2 Å². The third kappa shape index (κ3) is 5.05. The molecular weight excluding hydrogens is 300 g/mol. The molecule has 4 heteroatoms. The number of carbonyl (C=O) groups excluding carboxylic acids is 1. The number of amides is 1. The Hall–Kier alpha value is 0.490. The Morgan fingerprint density at radius 3 is 1.92 bits per heavy atom. The lowest BCUT2D eigenvalue weighted by atomic mass is 9.96. The van der Waals surface area contributed by atoms with Crippen molar-refractivity contribution in [2.75, 3.05) is 0 Å². The summed E-state index contributed by atoms with van der Waals surface area (Å²) in [6.07, 6.45) is 0. The maximum absolute atomic E-state index is 11.5. The van der Waals surface area contributed by atoms with Crippen LogP contribution in [-0.4, -0.2) is 14.8 Å². The van der Waals surface area contributed by atoms with Gasteiger partial charge in [-0.25, -0.2) is 0 Å². The molecule has 0 aromatic heterocycles. The third-order valence-electron chi connectivity index (χ3n) is 1.56. The van der Waals surface area contributed by atoms with E-state index in [1.165, 1.54) is 0 Å². The number of hydrogen-bond acceptors (Lipinski definition) is 1. The average molecular weight is 318 g/mol. The van der Waals surface area contributed by atoms with E-state index < -0.39 is 4.87 Å². The molecule has 0 rings (SSSR count). The summed E-state index contributed by atoms with van der Waals surface area (Å²) in [5, 5.41) is 2.88. The Kier molecular flexibility index (Phi) is 4.50. The molecule has 0 saturated carbocycles. The van der Waals surface area contributed by atoms with Crippen molar-refractivity contribution in [1.29, 1.82) is 0 Å². The topological polar surface area (TPSA) is 29.1 Å². The predicted octanol–water partition coefficient (Wildman–Crippen LogP) is 2.93. The zero-order valence-electron chi connectivity index (χ0n) is 8.74. The standard InChI is InChI=1S/C9H17ClINO/c1-8(2,3)6(11)12-7(13)9(4,5)10/h6H,1-5H3,(H,12,13). The summed E-state index contributed by atoms with van der Waals surface area (Å²) >= 11 is 8.08. The fourth-order valence-corrected chi connectivity index (χ4v) is 0.841. The highest BCUT2D eigenvalue weighted by atomic mass is 127. The van der Waals surface area contributed by atoms with Crippen molar-refractivity contribution in [3.63, 3.8) is 0 Å². The lowest BCUT2D eigenvalue weighted by Crippen LogP contribution is -2.46. The number of halogens is 2. The first-order valence-electron chi connectivity index (χ1n) is 4.19. The van der Waals surface area contributed by atoms with Crippen LogP contribution in [0.15, 0.2) is 0 Å². The minimum absolute atomic E-state index is 0.0539. The molecule has 0 fully saturated rings. The smallest absolute Gasteiger partial charge is 0.241 e. The Morgan fingerprint density at radius 1 is 1.31 bits per heavy atom. The number of nitrogens with one attached hydrogen (secondary N) is 1. The van der Waals surface area contributed by atoms with Gasteiger partial charge in [0, 0.05) is 0 Å². The second kappa shape index (κ2) is 4.34. The summed E-state index contributed by atoms with van der Waals surface area (Å²) < 4.78 is 0.0932. The maximum Gasteiger partial charge on any atom is 0.241 e. The molecule has 0 bridgehead atoms. The SMILES string of the molecule is CC(C)(Cl)C(=O)NC(I)C(C)(C)C. The average Bonchev–Trinajstić information content (AvgIpc) is 1.82. The first-order valence-corrected chi connectivity index (χ1v) is 5.81. The first-order chi connectivity index (χ1) is 5.55. The van der Waals surface area contributed by atoms with E-state index in [-0.39, 0.29) is 15.4 Å². The van der Waals surface area contributed by atoms with Gasteiger partial charge in [0.15, 0.2) is 0 Å². The van der Waals surface area contributed by atoms with Crippen LogP contribution in [0, 0.1) is 5.41 Å². The molecule has 13 heavy (non-hydrogen) atoms. The Morgan fingerprint density at radius 2 is 1.69 bits per heavy atom. The van der Waals surface area contributed by atoms with E-state index in [4.69, 9.17) is 11.6 Å². The van der Waals surface area contributed by atoms with Gasteiger partial charge in [-0.1, -0.05) is 43.4 Å². The van der Waals surface area contributed by atoms with E-state index in [2.05, 4.69) is 48.7 Å². The van der Waals surface area contributed by atoms with Gasteiger partial charge in [0.25, 0.3) is 0 Å². The normalized spacial score (nSPS) is 15.3. The highest BCUT2D eigenvalue weighted by Crippen LogP contribution is 2.25. The van der Waals surface area contributed by atoms with E-state index >= 15 is 0 Å². The lowest BCUT2D eigenvalue weighted by molar-refractivity contribution is -0.123. The fourth-order valence-electron chi connectivity index (χ4n) is 0.503. The summed E-state index contributed by atoms with van der Waals surface area (Å²) in [5.41, 5.74) is 0.0539. The molecule has 1 atom stereocenters. The quantitative estimate of drug-likeness (QED) is 0.473. The summed E-state index contributed by atoms with van der Waals surface area (Å²) in [6, 6.07) is 0. The Labute approximate surface area is 98.9 Å². The molecule has 2 nitrogen and oxygen atoms in total. The van der Waals surface area contributed by atoms with Crippen LogP contribution in [0.5, 0.6) is 0 Å². The lowest BCUT2D eigenvalue weighted by Gasteiger charge is -2.28. The molecule has 1 amide bonds. The molecule has 0 spiro atoms. The molecule has 0 heterocycles. The summed E-state index contributed by atoms with van der Waals surface area (Å²) in [7, 11) is 0. The molecule has 0 saturated heterocycles. The molecule has 1 unspecified atom stereocenters. The van der Waals surface area contributed by atoms with Crippen molar-refractivity contribution in [1.82, 2.24) is 5.32 Å². The summed E-state index contributed by atoms with van der Waals surface area (Å²) in [5.74, 6) is -0.122. The van der Waals surface area contributed by atoms with E-state index in [0.29, 0.717) is 0 Å². The van der Waals surface area contributed by atoms with Crippen molar-refractivity contribution in [2.24, 2.45) is 5.41 Å². The largest absolute Gasteiger partial charge is 0.342 e. The summed E-state index contributed by atoms with van der Waals surface area (Å²) in [4.78, 5) is 10.6. The van der Waals surface area contributed by atoms with Gasteiger partial charge in [-0.05, 0) is 19.3 Å². The minimum Gasteiger partial charge on any atom is -0.342 e. The van der Waals surface area contributed by atoms with Gasteiger partial charge in [0.2, 0.25) is 5.91 Å². The Bertz CT molecular complexity index is 193. The van der Waals surface area contributed by atoms with Crippen LogP contribution in [-0.2, 0) is 4.79 Å². The van der Waals surface area contributed by atoms with Gasteiger partial charge in [-0.2, -0.15) is 0 Å². The maximum atomic E-state index is 11.5. The molecule has 0 aromatic rings. The molecular formula is C9H17ClINO. The van der Waals surface area contributed by atoms with Gasteiger partial charge >= 0.3 is 0 Å².